The zero-order valence-electron chi connectivity index (χ0n) is 39.7. The van der Waals surface area contributed by atoms with E-state index in [4.69, 9.17) is 18.5 Å². The zero-order valence-corrected chi connectivity index (χ0v) is 41.5. The monoisotopic (exact) mass is 1000 g/mol. The summed E-state index contributed by atoms with van der Waals surface area (Å²) in [5.41, 5.74) is 0. The third-order valence-corrected chi connectivity index (χ3v) is 11.6. The maximum Gasteiger partial charge on any atom is 0.472 e. The van der Waals surface area contributed by atoms with Crippen molar-refractivity contribution in [1.29, 1.82) is 0 Å². The van der Waals surface area contributed by atoms with Crippen molar-refractivity contribution in [1.82, 2.24) is 0 Å². The number of phosphoric acid groups is 2. The molecule has 19 heteroatoms. The third kappa shape index (κ3) is 32.4. The molecule has 1 aliphatic carbocycles. The van der Waals surface area contributed by atoms with Gasteiger partial charge in [-0.15, -0.1) is 0 Å². The van der Waals surface area contributed by atoms with E-state index in [9.17, 15) is 58.6 Å². The number of hydrogen-bond acceptors (Lipinski definition) is 14. The standard InChI is InChI=1S/C49H78O17P2/c1-3-5-7-9-11-13-15-17-18-19-20-22-24-26-28-30-32-36-43(52)64-41(39-63-68(60,61)66-49-46(55)44(53)45(54)48(47(49)56)65-67(57,58)59)38-62-42(51)37-33-35-40(50)34-31-29-27-25-23-21-16-14-12-10-8-6-4-2/h5,7,11-14,17-18,20-23,27,29,31,34,41,44-49,53-56H,3-4,6,8-10,15-16,19,24-26,28,30,32-33,35-39H2,1-2H3,(H,60,61)(H2,57,58,59)/b7-5-,13-11-,14-12-,18-17-,22-20-,23-21-,29-27-,34-31+/t41-,44?,45?,46?,47?,48-,49+/m1/s1. The van der Waals surface area contributed by atoms with Gasteiger partial charge in [-0.1, -0.05) is 131 Å². The van der Waals surface area contributed by atoms with Crippen LogP contribution in [0.25, 0.3) is 0 Å². The van der Waals surface area contributed by atoms with E-state index in [2.05, 4.69) is 85.2 Å². The molecular weight excluding hydrogens is 922 g/mol. The Labute approximate surface area is 402 Å². The Morgan fingerprint density at radius 1 is 0.529 bits per heavy atom. The van der Waals surface area contributed by atoms with Gasteiger partial charge in [-0.05, 0) is 83.1 Å². The topological polar surface area (TPSA) is 273 Å². The number of ketones is 1. The molecule has 1 saturated carbocycles. The highest BCUT2D eigenvalue weighted by Gasteiger charge is 2.54. The first kappa shape index (κ1) is 62.6. The lowest BCUT2D eigenvalue weighted by Gasteiger charge is -2.43. The first-order valence-corrected chi connectivity index (χ1v) is 26.8. The molecule has 7 N–H and O–H groups in total. The first-order valence-electron chi connectivity index (χ1n) is 23.7. The van der Waals surface area contributed by atoms with E-state index >= 15 is 0 Å². The lowest BCUT2D eigenvalue weighted by atomic mass is 9.85. The number of rotatable bonds is 38. The molecule has 0 spiro atoms. The van der Waals surface area contributed by atoms with E-state index in [0.29, 0.717) is 19.3 Å². The predicted molar refractivity (Wildman–Crippen MR) is 260 cm³/mol. The van der Waals surface area contributed by atoms with Gasteiger partial charge in [0.15, 0.2) is 11.9 Å². The molecule has 0 saturated heterocycles. The number of carbonyl (C=O) groups excluding carboxylic acids is 3. The van der Waals surface area contributed by atoms with Gasteiger partial charge in [0.05, 0.1) is 6.61 Å². The van der Waals surface area contributed by atoms with Gasteiger partial charge in [-0.3, -0.25) is 28.0 Å². The van der Waals surface area contributed by atoms with Crippen LogP contribution in [-0.2, 0) is 46.6 Å². The summed E-state index contributed by atoms with van der Waals surface area (Å²) in [4.78, 5) is 66.6. The molecule has 0 radical (unpaired) electrons. The Morgan fingerprint density at radius 3 is 1.62 bits per heavy atom. The Balaban J connectivity index is 2.70. The second kappa shape index (κ2) is 38.4. The summed E-state index contributed by atoms with van der Waals surface area (Å²) in [6, 6.07) is 0. The number of esters is 2. The van der Waals surface area contributed by atoms with Gasteiger partial charge < -0.3 is 44.6 Å². The van der Waals surface area contributed by atoms with E-state index in [-0.39, 0.29) is 31.5 Å². The van der Waals surface area contributed by atoms with Crippen LogP contribution in [0.1, 0.15) is 136 Å². The largest absolute Gasteiger partial charge is 0.472 e. The molecule has 1 fully saturated rings. The molecule has 1 aliphatic rings. The smallest absolute Gasteiger partial charge is 0.462 e. The van der Waals surface area contributed by atoms with Crippen LogP contribution in [0.5, 0.6) is 0 Å². The van der Waals surface area contributed by atoms with Crippen LogP contribution < -0.4 is 0 Å². The van der Waals surface area contributed by atoms with Crippen LogP contribution in [0.15, 0.2) is 97.2 Å². The molecule has 0 aromatic heterocycles. The van der Waals surface area contributed by atoms with E-state index < -0.39 is 83.5 Å². The molecular formula is C49H78O17P2. The second-order valence-corrected chi connectivity index (χ2v) is 18.7. The van der Waals surface area contributed by atoms with E-state index in [1.54, 1.807) is 12.2 Å². The normalized spacial score (nSPS) is 22.0. The van der Waals surface area contributed by atoms with Crippen LogP contribution in [-0.4, -0.2) is 109 Å². The van der Waals surface area contributed by atoms with Gasteiger partial charge in [0.25, 0.3) is 0 Å². The third-order valence-electron chi connectivity index (χ3n) is 10.1. The number of allylic oxidation sites excluding steroid dienone is 16. The predicted octanol–water partition coefficient (Wildman–Crippen LogP) is 8.35. The summed E-state index contributed by atoms with van der Waals surface area (Å²) < 4.78 is 49.1. The van der Waals surface area contributed by atoms with Crippen LogP contribution in [0, 0.1) is 0 Å². The molecule has 0 amide bonds. The van der Waals surface area contributed by atoms with Crippen molar-refractivity contribution in [3.8, 4) is 0 Å². The van der Waals surface area contributed by atoms with Crippen molar-refractivity contribution < 1.29 is 81.7 Å². The van der Waals surface area contributed by atoms with Gasteiger partial charge in [-0.2, -0.15) is 0 Å². The van der Waals surface area contributed by atoms with Gasteiger partial charge in [0.2, 0.25) is 0 Å². The summed E-state index contributed by atoms with van der Waals surface area (Å²) in [5, 5.41) is 41.2. The molecule has 68 heavy (non-hydrogen) atoms. The number of hydrogen-bond donors (Lipinski definition) is 7. The van der Waals surface area contributed by atoms with Crippen LogP contribution in [0.3, 0.4) is 0 Å². The highest BCUT2D eigenvalue weighted by Crippen LogP contribution is 2.49. The molecule has 5 unspecified atom stereocenters. The fraction of sp³-hybridized carbons (Fsp3) is 0.612. The summed E-state index contributed by atoms with van der Waals surface area (Å²) >= 11 is 0. The number of ether oxygens (including phenoxy) is 2. The van der Waals surface area contributed by atoms with Crippen LogP contribution in [0.2, 0.25) is 0 Å². The molecule has 8 atom stereocenters. The van der Waals surface area contributed by atoms with Gasteiger partial charge in [0, 0.05) is 19.3 Å². The van der Waals surface area contributed by atoms with E-state index in [1.807, 2.05) is 12.2 Å². The summed E-state index contributed by atoms with van der Waals surface area (Å²) in [5.74, 6) is -1.71. The quantitative estimate of drug-likeness (QED) is 0.00764. The van der Waals surface area contributed by atoms with Crippen molar-refractivity contribution >= 4 is 33.4 Å². The number of aliphatic hydroxyl groups is 4. The number of phosphoric ester groups is 2. The first-order chi connectivity index (χ1) is 32.5. The molecule has 0 bridgehead atoms. The van der Waals surface area contributed by atoms with Gasteiger partial charge >= 0.3 is 27.6 Å². The average Bonchev–Trinajstić information content (AvgIpc) is 3.29. The minimum atomic E-state index is -5.40. The fourth-order valence-electron chi connectivity index (χ4n) is 6.44. The lowest BCUT2D eigenvalue weighted by Crippen LogP contribution is -2.64. The molecule has 0 aliphatic heterocycles. The second-order valence-electron chi connectivity index (χ2n) is 16.1. The Morgan fingerprint density at radius 2 is 1.04 bits per heavy atom. The number of unbranched alkanes of at least 4 members (excludes halogenated alkanes) is 7. The lowest BCUT2D eigenvalue weighted by molar-refractivity contribution is -0.216. The van der Waals surface area contributed by atoms with Crippen molar-refractivity contribution in [3.05, 3.63) is 97.2 Å². The van der Waals surface area contributed by atoms with Crippen LogP contribution in [0.4, 0.5) is 0 Å². The Kier molecular flexibility index (Phi) is 35.3. The average molecular weight is 1000 g/mol. The minimum Gasteiger partial charge on any atom is -0.462 e. The number of carbonyl (C=O) groups is 3. The highest BCUT2D eigenvalue weighted by atomic mass is 31.2. The highest BCUT2D eigenvalue weighted by molar-refractivity contribution is 7.47. The SMILES string of the molecule is CC/C=C\C/C=C\C/C=C\C/C=C\CCCCCCC(=O)O[C@H](COC(=O)CCCC(=O)/C=C/C=C\C/C=C\C/C=C\CCCCC)COP(=O)(O)O[C@H]1C(O)C(O)C(O)[C@@H](OP(=O)(O)O)C1O. The fourth-order valence-corrected chi connectivity index (χ4v) is 7.98. The van der Waals surface area contributed by atoms with Crippen molar-refractivity contribution in [3.63, 3.8) is 0 Å². The van der Waals surface area contributed by atoms with E-state index in [1.165, 1.54) is 25.3 Å². The van der Waals surface area contributed by atoms with Crippen molar-refractivity contribution in [2.24, 2.45) is 0 Å². The summed E-state index contributed by atoms with van der Waals surface area (Å²) in [7, 11) is -10.8. The molecule has 17 nitrogen and oxygen atoms in total. The molecule has 1 rings (SSSR count). The molecule has 0 heterocycles. The van der Waals surface area contributed by atoms with Crippen molar-refractivity contribution in [2.45, 2.75) is 179 Å². The Bertz CT molecular complexity index is 1750. The van der Waals surface area contributed by atoms with E-state index in [0.717, 1.165) is 57.8 Å². The van der Waals surface area contributed by atoms with Crippen LogP contribution >= 0.6 is 15.6 Å². The summed E-state index contributed by atoms with van der Waals surface area (Å²) in [6.07, 6.45) is 30.8. The molecule has 0 aromatic carbocycles. The molecule has 386 valence electrons. The molecule has 0 aromatic rings. The maximum absolute atomic E-state index is 13.0. The van der Waals surface area contributed by atoms with Crippen molar-refractivity contribution in [2.75, 3.05) is 13.2 Å². The van der Waals surface area contributed by atoms with Gasteiger partial charge in [-0.25, -0.2) is 9.13 Å². The summed E-state index contributed by atoms with van der Waals surface area (Å²) in [6.45, 7) is 2.72. The Hall–Kier alpha value is -3.41. The zero-order chi connectivity index (χ0) is 50.5. The maximum atomic E-state index is 13.0. The number of aliphatic hydroxyl groups excluding tert-OH is 4. The minimum absolute atomic E-state index is 0.0400. The van der Waals surface area contributed by atoms with Gasteiger partial charge in [0.1, 0.15) is 43.2 Å².